The van der Waals surface area contributed by atoms with Gasteiger partial charge in [-0.3, -0.25) is 4.72 Å². The highest BCUT2D eigenvalue weighted by molar-refractivity contribution is 7.92. The lowest BCUT2D eigenvalue weighted by atomic mass is 9.98. The van der Waals surface area contributed by atoms with Gasteiger partial charge in [0.1, 0.15) is 0 Å². The van der Waals surface area contributed by atoms with E-state index in [0.717, 1.165) is 16.8 Å². The summed E-state index contributed by atoms with van der Waals surface area (Å²) in [7, 11) is -0.484. The maximum atomic E-state index is 12.5. The topological polar surface area (TPSA) is 89.0 Å². The molecular weight excluding hydrogens is 450 g/mol. The van der Waals surface area contributed by atoms with Crippen molar-refractivity contribution in [1.29, 1.82) is 0 Å². The van der Waals surface area contributed by atoms with Crippen LogP contribution in [0.2, 0.25) is 5.02 Å². The molecule has 32 heavy (non-hydrogen) atoms. The highest BCUT2D eigenvalue weighted by Crippen LogP contribution is 2.33. The number of hydrogen-bond acceptors (Lipinski definition) is 6. The second-order valence-corrected chi connectivity index (χ2v) is 9.31. The molecule has 4 rings (SSSR count). The number of anilines is 1. The van der Waals surface area contributed by atoms with Crippen LogP contribution in [0.1, 0.15) is 23.6 Å². The summed E-state index contributed by atoms with van der Waals surface area (Å²) in [6.45, 7) is 0. The van der Waals surface area contributed by atoms with Gasteiger partial charge in [0, 0.05) is 17.1 Å². The molecule has 0 radical (unpaired) electrons. The van der Waals surface area contributed by atoms with Crippen LogP contribution in [0.4, 0.5) is 5.69 Å². The number of ether oxygens (including phenoxy) is 2. The molecule has 9 heteroatoms. The predicted molar refractivity (Wildman–Crippen MR) is 125 cm³/mol. The van der Waals surface area contributed by atoms with Gasteiger partial charge in [-0.1, -0.05) is 29.8 Å². The molecule has 0 spiro atoms. The fourth-order valence-electron chi connectivity index (χ4n) is 3.44. The third-order valence-electron chi connectivity index (χ3n) is 5.16. The van der Waals surface area contributed by atoms with Gasteiger partial charge in [-0.15, -0.1) is 0 Å². The van der Waals surface area contributed by atoms with E-state index < -0.39 is 10.0 Å². The molecule has 0 amide bonds. The van der Waals surface area contributed by atoms with E-state index in [4.69, 9.17) is 21.1 Å². The number of hydrazone groups is 1. The quantitative estimate of drug-likeness (QED) is 0.525. The molecule has 0 fully saturated rings. The highest BCUT2D eigenvalue weighted by atomic mass is 35.5. The Hall–Kier alpha value is -3.23. The lowest BCUT2D eigenvalue weighted by Crippen LogP contribution is -2.13. The molecule has 1 aliphatic rings. The van der Waals surface area contributed by atoms with Crippen molar-refractivity contribution in [3.05, 3.63) is 82.9 Å². The Morgan fingerprint density at radius 1 is 0.969 bits per heavy atom. The largest absolute Gasteiger partial charge is 0.493 e. The van der Waals surface area contributed by atoms with Crippen LogP contribution in [-0.2, 0) is 10.0 Å². The zero-order valence-corrected chi connectivity index (χ0v) is 19.1. The van der Waals surface area contributed by atoms with Crippen LogP contribution < -0.4 is 19.6 Å². The Labute approximate surface area is 192 Å². The van der Waals surface area contributed by atoms with E-state index in [1.54, 1.807) is 38.5 Å². The minimum atomic E-state index is -3.69. The summed E-state index contributed by atoms with van der Waals surface area (Å²) in [5, 5.41) is 4.94. The molecule has 0 bridgehead atoms. The lowest BCUT2D eigenvalue weighted by molar-refractivity contribution is 0.354. The van der Waals surface area contributed by atoms with E-state index in [0.29, 0.717) is 28.6 Å². The maximum Gasteiger partial charge on any atom is 0.261 e. The number of nitrogens with zero attached hydrogens (tertiary/aromatic N) is 1. The van der Waals surface area contributed by atoms with E-state index in [9.17, 15) is 8.42 Å². The van der Waals surface area contributed by atoms with E-state index in [2.05, 4.69) is 15.2 Å². The highest BCUT2D eigenvalue weighted by Gasteiger charge is 2.23. The van der Waals surface area contributed by atoms with Crippen LogP contribution in [0.3, 0.4) is 0 Å². The summed E-state index contributed by atoms with van der Waals surface area (Å²) in [5.41, 5.74) is 6.46. The van der Waals surface area contributed by atoms with E-state index in [1.807, 2.05) is 30.3 Å². The minimum absolute atomic E-state index is 0.00731. The molecule has 3 aromatic rings. The number of benzene rings is 3. The van der Waals surface area contributed by atoms with Crippen molar-refractivity contribution in [2.75, 3.05) is 18.9 Å². The SMILES string of the molecule is COc1ccc(C2CC(c3ccc(NS(=O)(=O)c4ccc(Cl)cc4)cc3)=NN2)cc1OC. The van der Waals surface area contributed by atoms with Crippen molar-refractivity contribution >= 4 is 33.0 Å². The van der Waals surface area contributed by atoms with Crippen molar-refractivity contribution < 1.29 is 17.9 Å². The first kappa shape index (κ1) is 22.0. The van der Waals surface area contributed by atoms with Crippen molar-refractivity contribution in [2.45, 2.75) is 17.4 Å². The average molecular weight is 472 g/mol. The second kappa shape index (κ2) is 9.10. The van der Waals surface area contributed by atoms with Crippen LogP contribution in [0.25, 0.3) is 0 Å². The molecule has 7 nitrogen and oxygen atoms in total. The Morgan fingerprint density at radius 2 is 1.66 bits per heavy atom. The second-order valence-electron chi connectivity index (χ2n) is 7.20. The fraction of sp³-hybridized carbons (Fsp3) is 0.174. The molecule has 166 valence electrons. The third kappa shape index (κ3) is 4.66. The predicted octanol–water partition coefficient (Wildman–Crippen LogP) is 4.60. The van der Waals surface area contributed by atoms with Crippen LogP contribution >= 0.6 is 11.6 Å². The van der Waals surface area contributed by atoms with E-state index >= 15 is 0 Å². The van der Waals surface area contributed by atoms with Gasteiger partial charge >= 0.3 is 0 Å². The molecule has 0 aliphatic carbocycles. The molecule has 1 atom stereocenters. The molecule has 0 saturated carbocycles. The monoisotopic (exact) mass is 471 g/mol. The Balaban J connectivity index is 1.44. The minimum Gasteiger partial charge on any atom is -0.493 e. The molecule has 1 aliphatic heterocycles. The number of sulfonamides is 1. The van der Waals surface area contributed by atoms with Gasteiger partial charge in [0.15, 0.2) is 11.5 Å². The van der Waals surface area contributed by atoms with Gasteiger partial charge in [-0.25, -0.2) is 8.42 Å². The summed E-state index contributed by atoms with van der Waals surface area (Å²) in [4.78, 5) is 0.146. The van der Waals surface area contributed by atoms with Crippen LogP contribution in [0.5, 0.6) is 11.5 Å². The zero-order chi connectivity index (χ0) is 22.7. The van der Waals surface area contributed by atoms with Crippen LogP contribution in [0.15, 0.2) is 76.7 Å². The molecule has 2 N–H and O–H groups in total. The maximum absolute atomic E-state index is 12.5. The number of methoxy groups -OCH3 is 2. The molecule has 3 aromatic carbocycles. The van der Waals surface area contributed by atoms with Crippen LogP contribution in [-0.4, -0.2) is 28.3 Å². The van der Waals surface area contributed by atoms with E-state index in [-0.39, 0.29) is 10.9 Å². The zero-order valence-electron chi connectivity index (χ0n) is 17.5. The summed E-state index contributed by atoms with van der Waals surface area (Å²) in [5.74, 6) is 1.34. The van der Waals surface area contributed by atoms with Crippen molar-refractivity contribution in [3.63, 3.8) is 0 Å². The van der Waals surface area contributed by atoms with Gasteiger partial charge in [0.2, 0.25) is 0 Å². The molecule has 1 heterocycles. The standard InChI is InChI=1S/C23H22ClN3O4S/c1-30-22-12-5-16(13-23(22)31-2)21-14-20(25-26-21)15-3-8-18(9-4-15)27-32(28,29)19-10-6-17(24)7-11-19/h3-13,21,26-27H,14H2,1-2H3. The number of hydrogen-bond donors (Lipinski definition) is 2. The van der Waals surface area contributed by atoms with Crippen LogP contribution in [0, 0.1) is 0 Å². The number of nitrogens with one attached hydrogen (secondary N) is 2. The van der Waals surface area contributed by atoms with Crippen molar-refractivity contribution in [2.24, 2.45) is 5.10 Å². The van der Waals surface area contributed by atoms with Crippen molar-refractivity contribution in [3.8, 4) is 11.5 Å². The smallest absolute Gasteiger partial charge is 0.261 e. The van der Waals surface area contributed by atoms with Gasteiger partial charge in [-0.05, 0) is 59.7 Å². The number of halogens is 1. The lowest BCUT2D eigenvalue weighted by Gasteiger charge is -2.14. The first-order chi connectivity index (χ1) is 15.4. The summed E-state index contributed by atoms with van der Waals surface area (Å²) < 4.78 is 38.3. The summed E-state index contributed by atoms with van der Waals surface area (Å²) in [6, 6.07) is 18.9. The average Bonchev–Trinajstić information content (AvgIpc) is 3.29. The first-order valence-corrected chi connectivity index (χ1v) is 11.7. The van der Waals surface area contributed by atoms with Gasteiger partial charge < -0.3 is 14.9 Å². The normalized spacial score (nSPS) is 15.6. The molecule has 0 saturated heterocycles. The van der Waals surface area contributed by atoms with Gasteiger partial charge in [-0.2, -0.15) is 5.10 Å². The fourth-order valence-corrected chi connectivity index (χ4v) is 4.63. The van der Waals surface area contributed by atoms with Crippen molar-refractivity contribution in [1.82, 2.24) is 5.43 Å². The van der Waals surface area contributed by atoms with E-state index in [1.165, 1.54) is 12.1 Å². The Morgan fingerprint density at radius 3 is 2.31 bits per heavy atom. The van der Waals surface area contributed by atoms with Gasteiger partial charge in [0.25, 0.3) is 10.0 Å². The Bertz CT molecular complexity index is 1240. The molecule has 0 aromatic heterocycles. The number of rotatable bonds is 7. The summed E-state index contributed by atoms with van der Waals surface area (Å²) >= 11 is 5.84. The summed E-state index contributed by atoms with van der Waals surface area (Å²) in [6.07, 6.45) is 0.686. The molecular formula is C23H22ClN3O4S. The first-order valence-electron chi connectivity index (χ1n) is 9.82. The molecule has 1 unspecified atom stereocenters. The van der Waals surface area contributed by atoms with Gasteiger partial charge in [0.05, 0.1) is 30.9 Å². The third-order valence-corrected chi connectivity index (χ3v) is 6.81. The Kier molecular flexibility index (Phi) is 6.25.